The minimum Gasteiger partial charge on any atom is -0.314 e. The van der Waals surface area contributed by atoms with Gasteiger partial charge in [0.2, 0.25) is 0 Å². The number of pyridine rings is 1. The molecule has 0 spiro atoms. The van der Waals surface area contributed by atoms with E-state index in [4.69, 9.17) is 0 Å². The maximum atomic E-state index is 4.40. The fourth-order valence-electron chi connectivity index (χ4n) is 1.50. The van der Waals surface area contributed by atoms with Crippen LogP contribution in [0.15, 0.2) is 18.3 Å². The van der Waals surface area contributed by atoms with Crippen molar-refractivity contribution in [3.8, 4) is 0 Å². The van der Waals surface area contributed by atoms with E-state index in [1.165, 1.54) is 17.7 Å². The Bertz CT molecular complexity index is 266. The van der Waals surface area contributed by atoms with Crippen molar-refractivity contribution in [3.05, 3.63) is 29.6 Å². The molecule has 0 bridgehead atoms. The first-order chi connectivity index (χ1) is 7.22. The van der Waals surface area contributed by atoms with Gasteiger partial charge < -0.3 is 5.32 Å². The Morgan fingerprint density at radius 1 is 1.40 bits per heavy atom. The third-order valence-electron chi connectivity index (χ3n) is 2.55. The molecule has 15 heavy (non-hydrogen) atoms. The normalized spacial score (nSPS) is 12.7. The van der Waals surface area contributed by atoms with Crippen molar-refractivity contribution >= 4 is 0 Å². The largest absolute Gasteiger partial charge is 0.314 e. The van der Waals surface area contributed by atoms with E-state index < -0.39 is 0 Å². The fourth-order valence-corrected chi connectivity index (χ4v) is 1.50. The summed E-state index contributed by atoms with van der Waals surface area (Å²) in [4.78, 5) is 4.40. The van der Waals surface area contributed by atoms with Crippen LogP contribution in [0.5, 0.6) is 0 Å². The minimum absolute atomic E-state index is 0.591. The summed E-state index contributed by atoms with van der Waals surface area (Å²) < 4.78 is 0. The number of hydrogen-bond acceptors (Lipinski definition) is 2. The predicted octanol–water partition coefficient (Wildman–Crippen LogP) is 2.71. The van der Waals surface area contributed by atoms with Gasteiger partial charge in [0.25, 0.3) is 0 Å². The van der Waals surface area contributed by atoms with Crippen molar-refractivity contribution in [2.75, 3.05) is 6.54 Å². The van der Waals surface area contributed by atoms with Crippen LogP contribution in [-0.2, 0) is 6.42 Å². The van der Waals surface area contributed by atoms with E-state index in [1.54, 1.807) is 0 Å². The second-order valence-corrected chi connectivity index (χ2v) is 4.22. The summed E-state index contributed by atoms with van der Waals surface area (Å²) in [6.07, 6.45) is 5.38. The smallest absolute Gasteiger partial charge is 0.0404 e. The van der Waals surface area contributed by atoms with Gasteiger partial charge in [-0.05, 0) is 51.3 Å². The van der Waals surface area contributed by atoms with Gasteiger partial charge in [-0.1, -0.05) is 13.0 Å². The van der Waals surface area contributed by atoms with E-state index in [0.29, 0.717) is 6.04 Å². The van der Waals surface area contributed by atoms with Crippen LogP contribution in [0, 0.1) is 6.92 Å². The van der Waals surface area contributed by atoms with Gasteiger partial charge in [-0.15, -0.1) is 0 Å². The average Bonchev–Trinajstić information content (AvgIpc) is 2.25. The van der Waals surface area contributed by atoms with Crippen LogP contribution in [0.25, 0.3) is 0 Å². The summed E-state index contributed by atoms with van der Waals surface area (Å²) in [7, 11) is 0. The molecular weight excluding hydrogens is 184 g/mol. The highest BCUT2D eigenvalue weighted by Gasteiger charge is 2.01. The van der Waals surface area contributed by atoms with E-state index in [1.807, 2.05) is 6.20 Å². The molecule has 0 aromatic carbocycles. The first kappa shape index (κ1) is 12.2. The topological polar surface area (TPSA) is 24.9 Å². The average molecular weight is 206 g/mol. The Morgan fingerprint density at radius 2 is 2.20 bits per heavy atom. The van der Waals surface area contributed by atoms with Gasteiger partial charge in [0.1, 0.15) is 0 Å². The Balaban J connectivity index is 2.27. The van der Waals surface area contributed by atoms with Crippen molar-refractivity contribution < 1.29 is 0 Å². The van der Waals surface area contributed by atoms with E-state index in [0.717, 1.165) is 19.4 Å². The molecule has 1 heterocycles. The molecular formula is C13H22N2. The molecule has 1 N–H and O–H groups in total. The zero-order valence-electron chi connectivity index (χ0n) is 10.1. The molecule has 1 atom stereocenters. The van der Waals surface area contributed by atoms with Gasteiger partial charge >= 0.3 is 0 Å². The summed E-state index contributed by atoms with van der Waals surface area (Å²) in [6.45, 7) is 7.62. The molecule has 2 heteroatoms. The molecule has 0 saturated carbocycles. The first-order valence-corrected chi connectivity index (χ1v) is 5.87. The number of aromatic nitrogens is 1. The number of rotatable bonds is 6. The highest BCUT2D eigenvalue weighted by Crippen LogP contribution is 2.03. The second-order valence-electron chi connectivity index (χ2n) is 4.22. The van der Waals surface area contributed by atoms with Gasteiger partial charge in [0.15, 0.2) is 0 Å². The lowest BCUT2D eigenvalue weighted by atomic mass is 10.1. The molecule has 1 rings (SSSR count). The third-order valence-corrected chi connectivity index (χ3v) is 2.55. The molecule has 0 fully saturated rings. The van der Waals surface area contributed by atoms with Crippen molar-refractivity contribution in [1.82, 2.24) is 10.3 Å². The molecule has 1 unspecified atom stereocenters. The Morgan fingerprint density at radius 3 is 2.80 bits per heavy atom. The molecule has 0 saturated heterocycles. The van der Waals surface area contributed by atoms with Crippen LogP contribution in [0.2, 0.25) is 0 Å². The van der Waals surface area contributed by atoms with Gasteiger partial charge in [-0.2, -0.15) is 0 Å². The van der Waals surface area contributed by atoms with Crippen molar-refractivity contribution in [2.24, 2.45) is 0 Å². The van der Waals surface area contributed by atoms with Crippen LogP contribution < -0.4 is 5.32 Å². The zero-order valence-corrected chi connectivity index (χ0v) is 10.1. The van der Waals surface area contributed by atoms with Crippen molar-refractivity contribution in [3.63, 3.8) is 0 Å². The lowest BCUT2D eigenvalue weighted by molar-refractivity contribution is 0.511. The number of nitrogens with zero attached hydrogens (tertiary/aromatic N) is 1. The van der Waals surface area contributed by atoms with E-state index in [-0.39, 0.29) is 0 Å². The Hall–Kier alpha value is -0.890. The summed E-state index contributed by atoms with van der Waals surface area (Å²) in [5.74, 6) is 0. The van der Waals surface area contributed by atoms with E-state index in [2.05, 4.69) is 43.2 Å². The quantitative estimate of drug-likeness (QED) is 0.774. The van der Waals surface area contributed by atoms with Gasteiger partial charge in [-0.25, -0.2) is 0 Å². The van der Waals surface area contributed by atoms with Crippen LogP contribution in [0.1, 0.15) is 37.9 Å². The molecule has 1 aromatic rings. The minimum atomic E-state index is 0.591. The van der Waals surface area contributed by atoms with E-state index >= 15 is 0 Å². The summed E-state index contributed by atoms with van der Waals surface area (Å²) in [5.41, 5.74) is 2.43. The number of aryl methyl sites for hydroxylation is 2. The molecule has 1 aromatic heterocycles. The summed E-state index contributed by atoms with van der Waals surface area (Å²) in [6, 6.07) is 4.85. The van der Waals surface area contributed by atoms with Crippen molar-refractivity contribution in [1.29, 1.82) is 0 Å². The zero-order chi connectivity index (χ0) is 11.1. The first-order valence-electron chi connectivity index (χ1n) is 5.87. The standard InChI is InChI=1S/C13H22N2/c1-4-9-14-12(3)6-8-13-7-5-11(2)10-15-13/h5,7,10,12,14H,4,6,8-9H2,1-3H3. The highest BCUT2D eigenvalue weighted by atomic mass is 14.9. The maximum absolute atomic E-state index is 4.40. The summed E-state index contributed by atoms with van der Waals surface area (Å²) in [5, 5.41) is 3.49. The molecule has 0 aliphatic carbocycles. The van der Waals surface area contributed by atoms with Crippen LogP contribution >= 0.6 is 0 Å². The Labute approximate surface area is 93.1 Å². The maximum Gasteiger partial charge on any atom is 0.0404 e. The van der Waals surface area contributed by atoms with E-state index in [9.17, 15) is 0 Å². The van der Waals surface area contributed by atoms with Gasteiger partial charge in [-0.3, -0.25) is 4.98 Å². The molecule has 2 nitrogen and oxygen atoms in total. The van der Waals surface area contributed by atoms with Crippen LogP contribution in [0.3, 0.4) is 0 Å². The molecule has 0 aliphatic heterocycles. The van der Waals surface area contributed by atoms with Gasteiger partial charge in [0, 0.05) is 17.9 Å². The SMILES string of the molecule is CCCNC(C)CCc1ccc(C)cn1. The molecule has 0 amide bonds. The van der Waals surface area contributed by atoms with Crippen molar-refractivity contribution in [2.45, 2.75) is 46.1 Å². The fraction of sp³-hybridized carbons (Fsp3) is 0.615. The monoisotopic (exact) mass is 206 g/mol. The number of nitrogens with one attached hydrogen (secondary N) is 1. The molecule has 0 aliphatic rings. The number of hydrogen-bond donors (Lipinski definition) is 1. The Kier molecular flexibility index (Phi) is 5.33. The van der Waals surface area contributed by atoms with Crippen LogP contribution in [-0.4, -0.2) is 17.6 Å². The second kappa shape index (κ2) is 6.57. The lowest BCUT2D eigenvalue weighted by Gasteiger charge is -2.12. The summed E-state index contributed by atoms with van der Waals surface area (Å²) >= 11 is 0. The molecule has 0 radical (unpaired) electrons. The predicted molar refractivity (Wildman–Crippen MR) is 65.1 cm³/mol. The molecule has 84 valence electrons. The van der Waals surface area contributed by atoms with Gasteiger partial charge in [0.05, 0.1) is 0 Å². The van der Waals surface area contributed by atoms with Crippen LogP contribution in [0.4, 0.5) is 0 Å². The third kappa shape index (κ3) is 4.93. The lowest BCUT2D eigenvalue weighted by Crippen LogP contribution is -2.27. The highest BCUT2D eigenvalue weighted by molar-refractivity contribution is 5.12.